The molecule has 0 N–H and O–H groups in total. The Morgan fingerprint density at radius 2 is 1.35 bits per heavy atom. The number of ether oxygens (including phenoxy) is 3. The molecule has 0 radical (unpaired) electrons. The SMILES string of the molecule is CC(=O)Oc1c(OCC=C(C)CCC=C(C)C)c2cccc(OCC=C(C)CCC=C(C)C)c2oc1=O. The third kappa shape index (κ3) is 10.2. The Labute approximate surface area is 220 Å². The third-order valence-corrected chi connectivity index (χ3v) is 5.57. The number of fused-ring (bicyclic) bond motifs is 1. The normalized spacial score (nSPS) is 11.8. The maximum atomic E-state index is 12.8. The summed E-state index contributed by atoms with van der Waals surface area (Å²) in [5, 5.41) is 0.494. The molecule has 200 valence electrons. The number of rotatable bonds is 13. The van der Waals surface area contributed by atoms with Crippen LogP contribution in [-0.2, 0) is 4.79 Å². The highest BCUT2D eigenvalue weighted by atomic mass is 16.6. The molecule has 0 aliphatic heterocycles. The molecule has 1 heterocycles. The van der Waals surface area contributed by atoms with E-state index >= 15 is 0 Å². The summed E-state index contributed by atoms with van der Waals surface area (Å²) in [7, 11) is 0. The zero-order valence-electron chi connectivity index (χ0n) is 23.2. The molecule has 0 atom stereocenters. The van der Waals surface area contributed by atoms with Crippen LogP contribution in [0.25, 0.3) is 11.0 Å². The van der Waals surface area contributed by atoms with Crippen LogP contribution in [0.5, 0.6) is 17.2 Å². The number of allylic oxidation sites excluding steroid dienone is 6. The lowest BCUT2D eigenvalue weighted by molar-refractivity contribution is -0.132. The third-order valence-electron chi connectivity index (χ3n) is 5.57. The number of hydrogen-bond acceptors (Lipinski definition) is 6. The second-order valence-corrected chi connectivity index (χ2v) is 9.64. The van der Waals surface area contributed by atoms with Crippen molar-refractivity contribution in [3.05, 3.63) is 75.2 Å². The maximum Gasteiger partial charge on any atom is 0.383 e. The van der Waals surface area contributed by atoms with Crippen molar-refractivity contribution in [1.29, 1.82) is 0 Å². The van der Waals surface area contributed by atoms with Gasteiger partial charge in [0.15, 0.2) is 17.1 Å². The van der Waals surface area contributed by atoms with E-state index in [4.69, 9.17) is 18.6 Å². The number of benzene rings is 1. The molecule has 0 bridgehead atoms. The highest BCUT2D eigenvalue weighted by Gasteiger charge is 2.21. The molecule has 0 aliphatic carbocycles. The second-order valence-electron chi connectivity index (χ2n) is 9.64. The van der Waals surface area contributed by atoms with Crippen molar-refractivity contribution in [2.45, 2.75) is 74.1 Å². The summed E-state index contributed by atoms with van der Waals surface area (Å²) in [6, 6.07) is 5.27. The zero-order valence-corrected chi connectivity index (χ0v) is 23.2. The predicted molar refractivity (Wildman–Crippen MR) is 150 cm³/mol. The standard InChI is InChI=1S/C31H40O6/c1-21(2)11-8-13-23(5)17-19-34-27-16-10-15-26-28(27)37-31(33)30(36-25(7)32)29(26)35-20-18-24(6)14-9-12-22(3)4/h10-12,15-18H,8-9,13-14,19-20H2,1-7H3. The fourth-order valence-corrected chi connectivity index (χ4v) is 3.56. The smallest absolute Gasteiger partial charge is 0.383 e. The van der Waals surface area contributed by atoms with Crippen LogP contribution < -0.4 is 19.8 Å². The summed E-state index contributed by atoms with van der Waals surface area (Å²) in [6.07, 6.45) is 12.2. The van der Waals surface area contributed by atoms with E-state index in [9.17, 15) is 9.59 Å². The Bertz CT molecular complexity index is 1250. The molecule has 37 heavy (non-hydrogen) atoms. The van der Waals surface area contributed by atoms with Crippen LogP contribution in [0.3, 0.4) is 0 Å². The maximum absolute atomic E-state index is 12.8. The van der Waals surface area contributed by atoms with Crippen molar-refractivity contribution in [3.8, 4) is 17.2 Å². The minimum Gasteiger partial charge on any atom is -0.486 e. The van der Waals surface area contributed by atoms with Gasteiger partial charge in [0.2, 0.25) is 0 Å². The molecule has 0 fully saturated rings. The summed E-state index contributed by atoms with van der Waals surface area (Å²) in [5.74, 6) is -0.321. The average Bonchev–Trinajstić information content (AvgIpc) is 2.80. The molecule has 2 rings (SSSR count). The first-order chi connectivity index (χ1) is 17.6. The zero-order chi connectivity index (χ0) is 27.4. The topological polar surface area (TPSA) is 75.0 Å². The summed E-state index contributed by atoms with van der Waals surface area (Å²) in [5.41, 5.74) is 4.41. The van der Waals surface area contributed by atoms with Gasteiger partial charge in [0.25, 0.3) is 5.75 Å². The van der Waals surface area contributed by atoms with Gasteiger partial charge in [0.05, 0.1) is 5.39 Å². The highest BCUT2D eigenvalue weighted by Crippen LogP contribution is 2.37. The van der Waals surface area contributed by atoms with E-state index in [-0.39, 0.29) is 23.7 Å². The lowest BCUT2D eigenvalue weighted by atomic mass is 10.1. The fourth-order valence-electron chi connectivity index (χ4n) is 3.56. The van der Waals surface area contributed by atoms with E-state index in [0.717, 1.165) is 31.3 Å². The Balaban J connectivity index is 2.30. The van der Waals surface area contributed by atoms with Crippen molar-refractivity contribution >= 4 is 16.9 Å². The first kappa shape index (κ1) is 29.7. The Hall–Kier alpha value is -3.54. The van der Waals surface area contributed by atoms with Gasteiger partial charge in [-0.3, -0.25) is 4.79 Å². The minimum absolute atomic E-state index is 0.161. The number of para-hydroxylation sites is 1. The van der Waals surface area contributed by atoms with Gasteiger partial charge in [0.1, 0.15) is 13.2 Å². The molecule has 0 saturated heterocycles. The van der Waals surface area contributed by atoms with Crippen LogP contribution in [0, 0.1) is 0 Å². The first-order valence-electron chi connectivity index (χ1n) is 12.7. The monoisotopic (exact) mass is 508 g/mol. The molecule has 6 nitrogen and oxygen atoms in total. The van der Waals surface area contributed by atoms with E-state index in [1.807, 2.05) is 19.1 Å². The first-order valence-corrected chi connectivity index (χ1v) is 12.7. The Morgan fingerprint density at radius 3 is 1.89 bits per heavy atom. The van der Waals surface area contributed by atoms with E-state index in [0.29, 0.717) is 17.7 Å². The van der Waals surface area contributed by atoms with Crippen molar-refractivity contribution in [2.24, 2.45) is 0 Å². The fraction of sp³-hybridized carbons (Fsp3) is 0.419. The molecule has 0 aliphatic rings. The van der Waals surface area contributed by atoms with Crippen molar-refractivity contribution in [3.63, 3.8) is 0 Å². The average molecular weight is 509 g/mol. The van der Waals surface area contributed by atoms with E-state index < -0.39 is 11.6 Å². The lowest BCUT2D eigenvalue weighted by Crippen LogP contribution is -2.14. The number of carbonyl (C=O) groups is 1. The number of carbonyl (C=O) groups excluding carboxylic acids is 1. The number of esters is 1. The van der Waals surface area contributed by atoms with Crippen molar-refractivity contribution < 1.29 is 23.4 Å². The van der Waals surface area contributed by atoms with Gasteiger partial charge in [-0.15, -0.1) is 0 Å². The largest absolute Gasteiger partial charge is 0.486 e. The van der Waals surface area contributed by atoms with Crippen LogP contribution in [0.1, 0.15) is 74.1 Å². The lowest BCUT2D eigenvalue weighted by Gasteiger charge is -2.13. The Morgan fingerprint density at radius 1 is 0.784 bits per heavy atom. The van der Waals surface area contributed by atoms with Gasteiger partial charge in [-0.2, -0.15) is 0 Å². The molecule has 6 heteroatoms. The van der Waals surface area contributed by atoms with Crippen LogP contribution in [0.2, 0.25) is 0 Å². The molecular formula is C31H40O6. The molecule has 1 aromatic carbocycles. The van der Waals surface area contributed by atoms with Crippen molar-refractivity contribution in [1.82, 2.24) is 0 Å². The van der Waals surface area contributed by atoms with Crippen LogP contribution in [-0.4, -0.2) is 19.2 Å². The van der Waals surface area contributed by atoms with Gasteiger partial charge in [-0.05, 0) is 91.5 Å². The van der Waals surface area contributed by atoms with Gasteiger partial charge < -0.3 is 18.6 Å². The summed E-state index contributed by atoms with van der Waals surface area (Å²) in [6.45, 7) is 14.2. The molecule has 2 aromatic rings. The van der Waals surface area contributed by atoms with Crippen LogP contribution in [0.15, 0.2) is 74.0 Å². The molecular weight excluding hydrogens is 468 g/mol. The van der Waals surface area contributed by atoms with Crippen LogP contribution >= 0.6 is 0 Å². The molecule has 0 saturated carbocycles. The number of hydrogen-bond donors (Lipinski definition) is 0. The van der Waals surface area contributed by atoms with Gasteiger partial charge in [-0.1, -0.05) is 40.5 Å². The quantitative estimate of drug-likeness (QED) is 0.156. The summed E-state index contributed by atoms with van der Waals surface area (Å²) < 4.78 is 22.7. The van der Waals surface area contributed by atoms with Crippen molar-refractivity contribution in [2.75, 3.05) is 13.2 Å². The van der Waals surface area contributed by atoms with E-state index in [1.54, 1.807) is 18.2 Å². The summed E-state index contributed by atoms with van der Waals surface area (Å²) >= 11 is 0. The van der Waals surface area contributed by atoms with Gasteiger partial charge in [-0.25, -0.2) is 4.79 Å². The van der Waals surface area contributed by atoms with E-state index in [2.05, 4.69) is 46.8 Å². The molecule has 0 amide bonds. The predicted octanol–water partition coefficient (Wildman–Crippen LogP) is 7.86. The molecule has 1 aromatic heterocycles. The highest BCUT2D eigenvalue weighted by molar-refractivity contribution is 5.90. The minimum atomic E-state index is -0.800. The van der Waals surface area contributed by atoms with Gasteiger partial charge >= 0.3 is 11.6 Å². The molecule has 0 unspecified atom stereocenters. The Kier molecular flexibility index (Phi) is 11.9. The molecule has 0 spiro atoms. The van der Waals surface area contributed by atoms with Crippen LogP contribution in [0.4, 0.5) is 0 Å². The summed E-state index contributed by atoms with van der Waals surface area (Å²) in [4.78, 5) is 24.5. The second kappa shape index (κ2) is 14.9. The van der Waals surface area contributed by atoms with E-state index in [1.165, 1.54) is 23.6 Å². The van der Waals surface area contributed by atoms with Gasteiger partial charge in [0, 0.05) is 6.92 Å².